The molecule has 0 fully saturated rings. The van der Waals surface area contributed by atoms with Crippen LogP contribution in [0.1, 0.15) is 15.6 Å². The fraction of sp³-hybridized carbons (Fsp3) is 0.0714. The molecule has 0 aliphatic carbocycles. The first-order valence-electron chi connectivity index (χ1n) is 5.91. The highest BCUT2D eigenvalue weighted by Gasteiger charge is 2.12. The van der Waals surface area contributed by atoms with Crippen molar-refractivity contribution in [3.63, 3.8) is 0 Å². The fourth-order valence-electron chi connectivity index (χ4n) is 1.61. The SMILES string of the molecule is O=C(OCc1nc(-c2ccccc2)no1)c1cccs1. The Morgan fingerprint density at radius 3 is 2.80 bits per heavy atom. The summed E-state index contributed by atoms with van der Waals surface area (Å²) < 4.78 is 10.1. The van der Waals surface area contributed by atoms with Crippen molar-refractivity contribution in [2.45, 2.75) is 6.61 Å². The summed E-state index contributed by atoms with van der Waals surface area (Å²) in [6, 6.07) is 13.0. The van der Waals surface area contributed by atoms with Gasteiger partial charge in [0.2, 0.25) is 5.82 Å². The van der Waals surface area contributed by atoms with Crippen LogP contribution in [0.25, 0.3) is 11.4 Å². The van der Waals surface area contributed by atoms with Gasteiger partial charge in [-0.15, -0.1) is 11.3 Å². The molecule has 0 aliphatic heterocycles. The molecule has 0 radical (unpaired) electrons. The van der Waals surface area contributed by atoms with Crippen molar-refractivity contribution in [3.05, 3.63) is 58.6 Å². The van der Waals surface area contributed by atoms with Gasteiger partial charge in [0.15, 0.2) is 6.61 Å². The maximum Gasteiger partial charge on any atom is 0.348 e. The van der Waals surface area contributed by atoms with Gasteiger partial charge in [0.05, 0.1) is 0 Å². The molecule has 0 atom stereocenters. The quantitative estimate of drug-likeness (QED) is 0.689. The fourth-order valence-corrected chi connectivity index (χ4v) is 2.23. The van der Waals surface area contributed by atoms with Crippen molar-refractivity contribution in [3.8, 4) is 11.4 Å². The number of thiophene rings is 1. The molecule has 5 nitrogen and oxygen atoms in total. The zero-order valence-electron chi connectivity index (χ0n) is 10.4. The van der Waals surface area contributed by atoms with Crippen LogP contribution < -0.4 is 0 Å². The van der Waals surface area contributed by atoms with Crippen molar-refractivity contribution >= 4 is 17.3 Å². The minimum Gasteiger partial charge on any atom is -0.451 e. The van der Waals surface area contributed by atoms with Gasteiger partial charge in [-0.2, -0.15) is 4.98 Å². The molecular formula is C14H10N2O3S. The van der Waals surface area contributed by atoms with E-state index in [0.717, 1.165) is 5.56 Å². The van der Waals surface area contributed by atoms with Gasteiger partial charge >= 0.3 is 5.97 Å². The van der Waals surface area contributed by atoms with E-state index in [1.807, 2.05) is 35.7 Å². The monoisotopic (exact) mass is 286 g/mol. The van der Waals surface area contributed by atoms with Crippen LogP contribution in [-0.4, -0.2) is 16.1 Å². The van der Waals surface area contributed by atoms with Crippen LogP contribution >= 0.6 is 11.3 Å². The molecule has 100 valence electrons. The largest absolute Gasteiger partial charge is 0.451 e. The predicted molar refractivity (Wildman–Crippen MR) is 73.2 cm³/mol. The number of aromatic nitrogens is 2. The molecule has 1 aromatic carbocycles. The van der Waals surface area contributed by atoms with E-state index in [1.165, 1.54) is 11.3 Å². The molecule has 0 spiro atoms. The predicted octanol–water partition coefficient (Wildman–Crippen LogP) is 3.16. The molecule has 0 saturated heterocycles. The van der Waals surface area contributed by atoms with E-state index in [-0.39, 0.29) is 18.5 Å². The molecule has 20 heavy (non-hydrogen) atoms. The Hall–Kier alpha value is -2.47. The maximum absolute atomic E-state index is 11.7. The summed E-state index contributed by atoms with van der Waals surface area (Å²) in [5, 5.41) is 5.67. The number of carbonyl (C=O) groups is 1. The molecular weight excluding hydrogens is 276 g/mol. The number of esters is 1. The molecule has 3 rings (SSSR count). The lowest BCUT2D eigenvalue weighted by Gasteiger charge is -1.98. The molecule has 2 aromatic heterocycles. The molecule has 2 heterocycles. The van der Waals surface area contributed by atoms with Gasteiger partial charge in [0.1, 0.15) is 4.88 Å². The minimum atomic E-state index is -0.389. The van der Waals surface area contributed by atoms with E-state index in [9.17, 15) is 4.79 Å². The van der Waals surface area contributed by atoms with Crippen molar-refractivity contribution in [2.24, 2.45) is 0 Å². The molecule has 0 unspecified atom stereocenters. The van der Waals surface area contributed by atoms with Crippen molar-refractivity contribution < 1.29 is 14.1 Å². The zero-order valence-corrected chi connectivity index (χ0v) is 11.2. The number of rotatable bonds is 4. The number of hydrogen-bond donors (Lipinski definition) is 0. The Morgan fingerprint density at radius 1 is 1.20 bits per heavy atom. The normalized spacial score (nSPS) is 10.4. The topological polar surface area (TPSA) is 65.2 Å². The second kappa shape index (κ2) is 5.66. The van der Waals surface area contributed by atoms with Gasteiger partial charge in [0, 0.05) is 5.56 Å². The van der Waals surface area contributed by atoms with Crippen LogP contribution in [0.5, 0.6) is 0 Å². The highest BCUT2D eigenvalue weighted by molar-refractivity contribution is 7.11. The molecule has 6 heteroatoms. The number of benzene rings is 1. The van der Waals surface area contributed by atoms with Crippen LogP contribution in [0.2, 0.25) is 0 Å². The highest BCUT2D eigenvalue weighted by atomic mass is 32.1. The van der Waals surface area contributed by atoms with E-state index in [0.29, 0.717) is 10.7 Å². The zero-order chi connectivity index (χ0) is 13.8. The van der Waals surface area contributed by atoms with Crippen molar-refractivity contribution in [1.29, 1.82) is 0 Å². The lowest BCUT2D eigenvalue weighted by atomic mass is 10.2. The van der Waals surface area contributed by atoms with E-state index in [1.54, 1.807) is 12.1 Å². The average molecular weight is 286 g/mol. The first kappa shape index (κ1) is 12.6. The molecule has 3 aromatic rings. The smallest absolute Gasteiger partial charge is 0.348 e. The van der Waals surface area contributed by atoms with Gasteiger partial charge < -0.3 is 9.26 Å². The van der Waals surface area contributed by atoms with E-state index < -0.39 is 0 Å². The molecule has 0 N–H and O–H groups in total. The van der Waals surface area contributed by atoms with Crippen LogP contribution in [0.15, 0.2) is 52.4 Å². The molecule has 0 amide bonds. The Bertz CT molecular complexity index is 692. The van der Waals surface area contributed by atoms with Crippen LogP contribution in [-0.2, 0) is 11.3 Å². The molecule has 0 bridgehead atoms. The van der Waals surface area contributed by atoms with Crippen molar-refractivity contribution in [1.82, 2.24) is 10.1 Å². The third-order valence-corrected chi connectivity index (χ3v) is 3.40. The van der Waals surface area contributed by atoms with Crippen LogP contribution in [0, 0.1) is 0 Å². The summed E-state index contributed by atoms with van der Waals surface area (Å²) in [7, 11) is 0. The molecule has 0 saturated carbocycles. The number of hydrogen-bond acceptors (Lipinski definition) is 6. The summed E-state index contributed by atoms with van der Waals surface area (Å²) in [5.74, 6) is 0.362. The van der Waals surface area contributed by atoms with E-state index in [2.05, 4.69) is 10.1 Å². The van der Waals surface area contributed by atoms with Crippen LogP contribution in [0.4, 0.5) is 0 Å². The van der Waals surface area contributed by atoms with Gasteiger partial charge in [-0.05, 0) is 11.4 Å². The first-order valence-corrected chi connectivity index (χ1v) is 6.79. The van der Waals surface area contributed by atoms with Gasteiger partial charge in [0.25, 0.3) is 5.89 Å². The number of nitrogens with zero attached hydrogens (tertiary/aromatic N) is 2. The van der Waals surface area contributed by atoms with E-state index in [4.69, 9.17) is 9.26 Å². The number of ether oxygens (including phenoxy) is 1. The first-order chi connectivity index (χ1) is 9.83. The second-order valence-electron chi connectivity index (χ2n) is 3.93. The highest BCUT2D eigenvalue weighted by Crippen LogP contribution is 2.16. The number of carbonyl (C=O) groups excluding carboxylic acids is 1. The average Bonchev–Trinajstić information content (AvgIpc) is 3.17. The Kier molecular flexibility index (Phi) is 3.56. The third kappa shape index (κ3) is 2.75. The summed E-state index contributed by atoms with van der Waals surface area (Å²) in [6.07, 6.45) is 0. The standard InChI is InChI=1S/C14H10N2O3S/c17-14(11-7-4-8-20-11)18-9-12-15-13(16-19-12)10-5-2-1-3-6-10/h1-8H,9H2. The van der Waals surface area contributed by atoms with Crippen molar-refractivity contribution in [2.75, 3.05) is 0 Å². The maximum atomic E-state index is 11.7. The summed E-state index contributed by atoms with van der Waals surface area (Å²) in [5.41, 5.74) is 0.854. The summed E-state index contributed by atoms with van der Waals surface area (Å²) >= 11 is 1.33. The lowest BCUT2D eigenvalue weighted by Crippen LogP contribution is -2.03. The third-order valence-electron chi connectivity index (χ3n) is 2.55. The Balaban J connectivity index is 1.65. The summed E-state index contributed by atoms with van der Waals surface area (Å²) in [6.45, 7) is -0.0312. The van der Waals surface area contributed by atoms with Gasteiger partial charge in [-0.3, -0.25) is 0 Å². The minimum absolute atomic E-state index is 0.0312. The Morgan fingerprint density at radius 2 is 2.05 bits per heavy atom. The lowest BCUT2D eigenvalue weighted by molar-refractivity contribution is 0.0435. The van der Waals surface area contributed by atoms with Crippen LogP contribution in [0.3, 0.4) is 0 Å². The molecule has 0 aliphatic rings. The van der Waals surface area contributed by atoms with Gasteiger partial charge in [-0.25, -0.2) is 4.79 Å². The van der Waals surface area contributed by atoms with Gasteiger partial charge in [-0.1, -0.05) is 41.6 Å². The van der Waals surface area contributed by atoms with E-state index >= 15 is 0 Å². The summed E-state index contributed by atoms with van der Waals surface area (Å²) in [4.78, 5) is 16.4. The second-order valence-corrected chi connectivity index (χ2v) is 4.88. The Labute approximate surface area is 118 Å².